The van der Waals surface area contributed by atoms with Crippen LogP contribution in [0, 0.1) is 0 Å². The van der Waals surface area contributed by atoms with E-state index in [4.69, 9.17) is 0 Å². The van der Waals surface area contributed by atoms with Gasteiger partial charge in [-0.15, -0.1) is 0 Å². The highest BCUT2D eigenvalue weighted by atomic mass is 32.2. The predicted molar refractivity (Wildman–Crippen MR) is 111 cm³/mol. The number of anilines is 1. The molecule has 6 nitrogen and oxygen atoms in total. The lowest BCUT2D eigenvalue weighted by molar-refractivity contribution is -0.113. The number of benzene rings is 2. The third kappa shape index (κ3) is 4.04. The maximum absolute atomic E-state index is 12.5. The second-order valence-corrected chi connectivity index (χ2v) is 7.30. The van der Waals surface area contributed by atoms with Crippen molar-refractivity contribution in [1.82, 2.24) is 19.7 Å². The molecule has 0 unspecified atom stereocenters. The average Bonchev–Trinajstić information content (AvgIpc) is 3.10. The first-order valence-electron chi connectivity index (χ1n) is 8.88. The first-order chi connectivity index (χ1) is 13.7. The van der Waals surface area contributed by atoms with Crippen molar-refractivity contribution in [3.8, 4) is 0 Å². The molecule has 0 saturated heterocycles. The summed E-state index contributed by atoms with van der Waals surface area (Å²) in [7, 11) is 1.83. The Kier molecular flexibility index (Phi) is 5.34. The topological polar surface area (TPSA) is 72.7 Å². The minimum atomic E-state index is -0.0684. The molecule has 140 valence electrons. The van der Waals surface area contributed by atoms with Crippen molar-refractivity contribution < 1.29 is 4.79 Å². The molecule has 1 amide bonds. The van der Waals surface area contributed by atoms with E-state index in [0.29, 0.717) is 0 Å². The second-order valence-electron chi connectivity index (χ2n) is 6.34. The van der Waals surface area contributed by atoms with Gasteiger partial charge in [0.15, 0.2) is 5.65 Å². The number of carbonyl (C=O) groups excluding carboxylic acids is 1. The molecule has 0 saturated carbocycles. The van der Waals surface area contributed by atoms with Gasteiger partial charge in [0.2, 0.25) is 5.91 Å². The number of para-hydroxylation sites is 1. The molecule has 2 aromatic heterocycles. The minimum absolute atomic E-state index is 0.0684. The lowest BCUT2D eigenvalue weighted by Crippen LogP contribution is -2.15. The zero-order valence-electron chi connectivity index (χ0n) is 15.4. The van der Waals surface area contributed by atoms with Crippen LogP contribution in [0.4, 0.5) is 5.69 Å². The molecule has 0 bridgehead atoms. The van der Waals surface area contributed by atoms with E-state index in [1.807, 2.05) is 49.5 Å². The summed E-state index contributed by atoms with van der Waals surface area (Å²) >= 11 is 1.38. The molecule has 28 heavy (non-hydrogen) atoms. The Balaban J connectivity index is 1.44. The third-order valence-corrected chi connectivity index (χ3v) is 5.37. The Labute approximate surface area is 167 Å². The summed E-state index contributed by atoms with van der Waals surface area (Å²) in [5, 5.41) is 8.84. The zero-order chi connectivity index (χ0) is 19.3. The van der Waals surface area contributed by atoms with Crippen molar-refractivity contribution in [1.29, 1.82) is 0 Å². The van der Waals surface area contributed by atoms with Crippen LogP contribution >= 0.6 is 11.8 Å². The number of amides is 1. The zero-order valence-corrected chi connectivity index (χ0v) is 16.2. The summed E-state index contributed by atoms with van der Waals surface area (Å²) in [5.74, 6) is 0.196. The van der Waals surface area contributed by atoms with Gasteiger partial charge in [-0.1, -0.05) is 60.3 Å². The first-order valence-corrected chi connectivity index (χ1v) is 9.86. The monoisotopic (exact) mass is 389 g/mol. The lowest BCUT2D eigenvalue weighted by atomic mass is 10.0. The number of thioether (sulfide) groups is 1. The molecule has 2 aromatic carbocycles. The second kappa shape index (κ2) is 8.22. The summed E-state index contributed by atoms with van der Waals surface area (Å²) in [6.45, 7) is 0. The summed E-state index contributed by atoms with van der Waals surface area (Å²) in [4.78, 5) is 21.0. The Hall–Kier alpha value is -3.19. The summed E-state index contributed by atoms with van der Waals surface area (Å²) < 4.78 is 1.70. The van der Waals surface area contributed by atoms with Crippen LogP contribution in [-0.2, 0) is 18.3 Å². The summed E-state index contributed by atoms with van der Waals surface area (Å²) in [6.07, 6.45) is 4.00. The van der Waals surface area contributed by atoms with E-state index in [1.165, 1.54) is 23.7 Å². The molecule has 0 aliphatic heterocycles. The van der Waals surface area contributed by atoms with E-state index in [-0.39, 0.29) is 11.7 Å². The Morgan fingerprint density at radius 3 is 2.71 bits per heavy atom. The first kappa shape index (κ1) is 18.2. The molecule has 2 heterocycles. The molecule has 1 N–H and O–H groups in total. The number of aromatic nitrogens is 4. The maximum atomic E-state index is 12.5. The molecule has 0 spiro atoms. The van der Waals surface area contributed by atoms with Crippen molar-refractivity contribution in [3.63, 3.8) is 0 Å². The maximum Gasteiger partial charge on any atom is 0.234 e. The number of fused-ring (bicyclic) bond motifs is 1. The average molecular weight is 389 g/mol. The van der Waals surface area contributed by atoms with Crippen LogP contribution in [0.25, 0.3) is 11.0 Å². The number of nitrogens with zero attached hydrogens (tertiary/aromatic N) is 4. The van der Waals surface area contributed by atoms with Crippen molar-refractivity contribution in [3.05, 3.63) is 78.2 Å². The fourth-order valence-corrected chi connectivity index (χ4v) is 3.75. The number of carbonyl (C=O) groups is 1. The largest absolute Gasteiger partial charge is 0.325 e. The van der Waals surface area contributed by atoms with Crippen molar-refractivity contribution in [2.45, 2.75) is 11.4 Å². The van der Waals surface area contributed by atoms with E-state index in [9.17, 15) is 4.79 Å². The van der Waals surface area contributed by atoms with Crippen LogP contribution in [0.1, 0.15) is 11.1 Å². The van der Waals surface area contributed by atoms with Gasteiger partial charge >= 0.3 is 0 Å². The fraction of sp³-hybridized carbons (Fsp3) is 0.143. The highest BCUT2D eigenvalue weighted by Gasteiger charge is 2.12. The van der Waals surface area contributed by atoms with Crippen molar-refractivity contribution >= 4 is 34.4 Å². The predicted octanol–water partition coefficient (Wildman–Crippen LogP) is 3.68. The quantitative estimate of drug-likeness (QED) is 0.402. The van der Waals surface area contributed by atoms with Gasteiger partial charge in [-0.25, -0.2) is 9.97 Å². The number of nitrogens with one attached hydrogen (secondary N) is 1. The van der Waals surface area contributed by atoms with Crippen LogP contribution < -0.4 is 5.32 Å². The van der Waals surface area contributed by atoms with Crippen LogP contribution in [-0.4, -0.2) is 31.4 Å². The van der Waals surface area contributed by atoms with E-state index in [0.717, 1.165) is 33.7 Å². The molecule has 4 aromatic rings. The van der Waals surface area contributed by atoms with Gasteiger partial charge in [0.25, 0.3) is 0 Å². The van der Waals surface area contributed by atoms with E-state index < -0.39 is 0 Å². The molecule has 0 fully saturated rings. The van der Waals surface area contributed by atoms with E-state index in [2.05, 4.69) is 32.5 Å². The minimum Gasteiger partial charge on any atom is -0.325 e. The van der Waals surface area contributed by atoms with Crippen LogP contribution in [0.3, 0.4) is 0 Å². The molecule has 0 aliphatic rings. The number of rotatable bonds is 6. The Morgan fingerprint density at radius 1 is 1.07 bits per heavy atom. The summed E-state index contributed by atoms with van der Waals surface area (Å²) in [5.41, 5.74) is 3.89. The fourth-order valence-electron chi connectivity index (χ4n) is 2.99. The SMILES string of the molecule is Cn1ncc2c(SCC(=O)Nc3ccccc3Cc3ccccc3)ncnc21. The molecule has 7 heteroatoms. The standard InChI is InChI=1S/C21H19N5OS/c1-26-20-17(12-24-26)21(23-14-22-20)28-13-19(27)25-18-10-6-5-9-16(18)11-15-7-3-2-4-8-15/h2-10,12,14H,11,13H2,1H3,(H,25,27). The van der Waals surface area contributed by atoms with Gasteiger partial charge in [0.1, 0.15) is 11.4 Å². The molecule has 0 aliphatic carbocycles. The highest BCUT2D eigenvalue weighted by Crippen LogP contribution is 2.24. The summed E-state index contributed by atoms with van der Waals surface area (Å²) in [6, 6.07) is 18.1. The number of hydrogen-bond donors (Lipinski definition) is 1. The molecule has 0 atom stereocenters. The van der Waals surface area contributed by atoms with Crippen LogP contribution in [0.2, 0.25) is 0 Å². The van der Waals surface area contributed by atoms with Gasteiger partial charge in [-0.05, 0) is 23.6 Å². The van der Waals surface area contributed by atoms with Crippen LogP contribution in [0.5, 0.6) is 0 Å². The molecular formula is C21H19N5OS. The Bertz CT molecular complexity index is 1110. The van der Waals surface area contributed by atoms with Crippen molar-refractivity contribution in [2.75, 3.05) is 11.1 Å². The van der Waals surface area contributed by atoms with Gasteiger partial charge < -0.3 is 5.32 Å². The number of hydrogen-bond acceptors (Lipinski definition) is 5. The van der Waals surface area contributed by atoms with Crippen molar-refractivity contribution in [2.24, 2.45) is 7.05 Å². The van der Waals surface area contributed by atoms with Gasteiger partial charge in [0, 0.05) is 12.7 Å². The van der Waals surface area contributed by atoms with E-state index >= 15 is 0 Å². The molecule has 0 radical (unpaired) electrons. The lowest BCUT2D eigenvalue weighted by Gasteiger charge is -2.11. The normalized spacial score (nSPS) is 10.9. The third-order valence-electron chi connectivity index (χ3n) is 4.36. The van der Waals surface area contributed by atoms with Gasteiger partial charge in [-0.2, -0.15) is 5.10 Å². The molecular weight excluding hydrogens is 370 g/mol. The van der Waals surface area contributed by atoms with Gasteiger partial charge in [-0.3, -0.25) is 9.48 Å². The van der Waals surface area contributed by atoms with Gasteiger partial charge in [0.05, 0.1) is 17.3 Å². The van der Waals surface area contributed by atoms with Crippen LogP contribution in [0.15, 0.2) is 72.1 Å². The highest BCUT2D eigenvalue weighted by molar-refractivity contribution is 8.00. The molecule has 4 rings (SSSR count). The number of aryl methyl sites for hydroxylation is 1. The van der Waals surface area contributed by atoms with E-state index in [1.54, 1.807) is 10.9 Å². The smallest absolute Gasteiger partial charge is 0.234 e. The Morgan fingerprint density at radius 2 is 1.86 bits per heavy atom.